The van der Waals surface area contributed by atoms with Crippen LogP contribution in [0.15, 0.2) is 67.3 Å². The molecule has 0 amide bonds. The fourth-order valence-corrected chi connectivity index (χ4v) is 2.97. The summed E-state index contributed by atoms with van der Waals surface area (Å²) in [6, 6.07) is 10.5. The van der Waals surface area contributed by atoms with Crippen LogP contribution in [-0.2, 0) is 11.4 Å². The van der Waals surface area contributed by atoms with Crippen molar-refractivity contribution in [1.29, 1.82) is 0 Å². The minimum atomic E-state index is -2.66. The number of carbonyl (C=O) groups is 1. The van der Waals surface area contributed by atoms with Crippen molar-refractivity contribution < 1.29 is 23.2 Å². The average molecular weight is 533 g/mol. The minimum Gasteiger partial charge on any atom is -0.488 e. The number of hydrogen-bond acceptors (Lipinski definition) is 5. The molecule has 210 valence electrons. The molecular formula is C30H42F2N2O4. The van der Waals surface area contributed by atoms with Gasteiger partial charge in [-0.1, -0.05) is 62.8 Å². The number of hydrogen-bond donors (Lipinski definition) is 0. The van der Waals surface area contributed by atoms with E-state index < -0.39 is 11.3 Å². The molecule has 0 heterocycles. The highest BCUT2D eigenvalue weighted by Gasteiger charge is 2.19. The van der Waals surface area contributed by atoms with Crippen LogP contribution < -0.4 is 4.74 Å². The predicted molar refractivity (Wildman–Crippen MR) is 151 cm³/mol. The summed E-state index contributed by atoms with van der Waals surface area (Å²) >= 11 is 0. The number of halogens is 2. The summed E-state index contributed by atoms with van der Waals surface area (Å²) in [5.41, 5.74) is 2.35. The van der Waals surface area contributed by atoms with Crippen LogP contribution in [0.2, 0.25) is 0 Å². The molecule has 2 aromatic rings. The van der Waals surface area contributed by atoms with Gasteiger partial charge in [0.2, 0.25) is 0 Å². The quantitative estimate of drug-likeness (QED) is 0.0907. The highest BCUT2D eigenvalue weighted by Crippen LogP contribution is 2.31. The molecule has 0 spiro atoms. The Morgan fingerprint density at radius 2 is 1.82 bits per heavy atom. The number of aryl methyl sites for hydroxylation is 1. The van der Waals surface area contributed by atoms with Crippen LogP contribution in [0.25, 0.3) is 0 Å². The first-order valence-corrected chi connectivity index (χ1v) is 12.4. The van der Waals surface area contributed by atoms with Gasteiger partial charge in [0.1, 0.15) is 18.6 Å². The number of nitro groups is 1. The van der Waals surface area contributed by atoms with Gasteiger partial charge in [-0.2, -0.15) is 0 Å². The normalized spacial score (nSPS) is 10.6. The first-order chi connectivity index (χ1) is 17.8. The second-order valence-electron chi connectivity index (χ2n) is 9.63. The number of allylic oxidation sites excluding steroid dienone is 1. The number of carbonyl (C=O) groups excluding carboxylic acids is 1. The molecule has 0 radical (unpaired) electrons. The number of nitrogens with zero attached hydrogens (tertiary/aromatic N) is 2. The molecule has 0 saturated heterocycles. The Bertz CT molecular complexity index is 1030. The third-order valence-corrected chi connectivity index (χ3v) is 5.81. The molecule has 0 saturated carbocycles. The number of likely N-dealkylation sites (N-methyl/N-ethyl adjacent to an activating group) is 1. The molecule has 0 N–H and O–H groups in total. The molecule has 8 heteroatoms. The highest BCUT2D eigenvalue weighted by atomic mass is 19.3. The van der Waals surface area contributed by atoms with Gasteiger partial charge < -0.3 is 14.4 Å². The molecule has 0 aliphatic rings. The molecule has 0 aliphatic carbocycles. The van der Waals surface area contributed by atoms with E-state index in [4.69, 9.17) is 4.74 Å². The first-order valence-electron chi connectivity index (χ1n) is 12.4. The summed E-state index contributed by atoms with van der Waals surface area (Å²) < 4.78 is 31.3. The maximum atomic E-state index is 13.0. The van der Waals surface area contributed by atoms with Gasteiger partial charge >= 0.3 is 0 Å². The summed E-state index contributed by atoms with van der Waals surface area (Å²) in [5.74, 6) is 0.0359. The second-order valence-corrected chi connectivity index (χ2v) is 9.63. The molecule has 6 nitrogen and oxygen atoms in total. The van der Waals surface area contributed by atoms with Crippen LogP contribution in [0.4, 0.5) is 14.5 Å². The number of alkyl halides is 2. The number of benzene rings is 2. The second kappa shape index (κ2) is 18.0. The third kappa shape index (κ3) is 13.2. The maximum Gasteiger partial charge on any atom is 0.276 e. The molecule has 0 atom stereocenters. The molecule has 2 rings (SSSR count). The Kier molecular flexibility index (Phi) is 16.4. The topological polar surface area (TPSA) is 72.7 Å². The van der Waals surface area contributed by atoms with Gasteiger partial charge in [0.15, 0.2) is 0 Å². The first kappa shape index (κ1) is 34.6. The summed E-state index contributed by atoms with van der Waals surface area (Å²) in [6.45, 7) is 16.8. The standard InChI is InChI=1S/C15H13F2NO3.C10H21N.C5H8O/c1-10-6-7-14(12(8-10)15(16)17)21-9-11-4-2-3-5-13(11)18(19)20;1-7-10(3,4)9(2)8-11(5)6;1-2-3-4-5-6/h2-8,15H,9H2,1H3;2,7-8H2,1,3-6H3;2,5H,1,3-4H2. The van der Waals surface area contributed by atoms with Crippen molar-refractivity contribution in [3.8, 4) is 5.75 Å². The summed E-state index contributed by atoms with van der Waals surface area (Å²) in [6.07, 6.45) is 2.55. The van der Waals surface area contributed by atoms with Crippen LogP contribution in [-0.4, -0.2) is 36.7 Å². The molecule has 0 aromatic heterocycles. The van der Waals surface area contributed by atoms with E-state index in [1.54, 1.807) is 25.1 Å². The van der Waals surface area contributed by atoms with Crippen molar-refractivity contribution in [1.82, 2.24) is 4.90 Å². The van der Waals surface area contributed by atoms with Crippen molar-refractivity contribution >= 4 is 12.0 Å². The van der Waals surface area contributed by atoms with E-state index in [9.17, 15) is 23.7 Å². The zero-order valence-electron chi connectivity index (χ0n) is 23.5. The van der Waals surface area contributed by atoms with E-state index in [1.165, 1.54) is 42.3 Å². The van der Waals surface area contributed by atoms with Crippen LogP contribution in [0.1, 0.15) is 63.1 Å². The molecule has 38 heavy (non-hydrogen) atoms. The van der Waals surface area contributed by atoms with Crippen LogP contribution >= 0.6 is 0 Å². The lowest BCUT2D eigenvalue weighted by Crippen LogP contribution is -2.23. The number of aldehydes is 1. The Labute approximate surface area is 226 Å². The van der Waals surface area contributed by atoms with Crippen LogP contribution in [0, 0.1) is 22.5 Å². The van der Waals surface area contributed by atoms with Gasteiger partial charge in [0.05, 0.1) is 16.1 Å². The van der Waals surface area contributed by atoms with Gasteiger partial charge in [-0.25, -0.2) is 8.78 Å². The lowest BCUT2D eigenvalue weighted by Gasteiger charge is -2.27. The van der Waals surface area contributed by atoms with E-state index in [0.29, 0.717) is 23.0 Å². The molecule has 0 bridgehead atoms. The van der Waals surface area contributed by atoms with Crippen molar-refractivity contribution in [3.05, 3.63) is 94.1 Å². The maximum absolute atomic E-state index is 13.0. The van der Waals surface area contributed by atoms with Crippen molar-refractivity contribution in [2.45, 2.75) is 60.0 Å². The average Bonchev–Trinajstić information content (AvgIpc) is 2.87. The van der Waals surface area contributed by atoms with E-state index >= 15 is 0 Å². The van der Waals surface area contributed by atoms with Crippen molar-refractivity contribution in [3.63, 3.8) is 0 Å². The van der Waals surface area contributed by atoms with Gasteiger partial charge in [-0.3, -0.25) is 10.1 Å². The molecule has 0 aliphatic heterocycles. The largest absolute Gasteiger partial charge is 0.488 e. The summed E-state index contributed by atoms with van der Waals surface area (Å²) in [5, 5.41) is 10.9. The number of unbranched alkanes of at least 4 members (excludes halogenated alkanes) is 1. The van der Waals surface area contributed by atoms with E-state index in [1.807, 2.05) is 0 Å². The Morgan fingerprint density at radius 1 is 1.18 bits per heavy atom. The molecule has 0 unspecified atom stereocenters. The fourth-order valence-electron chi connectivity index (χ4n) is 2.97. The molecule has 0 fully saturated rings. The Hall–Kier alpha value is -3.39. The van der Waals surface area contributed by atoms with Gasteiger partial charge in [0.25, 0.3) is 12.1 Å². The fraction of sp³-hybridized carbons (Fsp3) is 0.433. The smallest absolute Gasteiger partial charge is 0.276 e. The van der Waals surface area contributed by atoms with E-state index in [-0.39, 0.29) is 23.6 Å². The van der Waals surface area contributed by atoms with Crippen molar-refractivity contribution in [2.24, 2.45) is 5.41 Å². The number of rotatable bonds is 12. The number of nitro benzene ring substituents is 1. The Balaban J connectivity index is 0.000000674. The number of ether oxygens (including phenoxy) is 1. The summed E-state index contributed by atoms with van der Waals surface area (Å²) in [4.78, 5) is 22.0. The van der Waals surface area contributed by atoms with Gasteiger partial charge in [0, 0.05) is 19.0 Å². The highest BCUT2D eigenvalue weighted by molar-refractivity contribution is 5.49. The van der Waals surface area contributed by atoms with Gasteiger partial charge in [-0.05, 0) is 57.5 Å². The zero-order valence-corrected chi connectivity index (χ0v) is 23.5. The van der Waals surface area contributed by atoms with E-state index in [0.717, 1.165) is 19.3 Å². The molecular weight excluding hydrogens is 490 g/mol. The van der Waals surface area contributed by atoms with Crippen LogP contribution in [0.3, 0.4) is 0 Å². The SMILES string of the molecule is C=C(CN(C)C)C(C)(C)CC.C=CCCC=O.Cc1ccc(OCc2ccccc2[N+](=O)[O-])c(C(F)F)c1. The zero-order chi connectivity index (χ0) is 29.3. The van der Waals surface area contributed by atoms with Crippen molar-refractivity contribution in [2.75, 3.05) is 20.6 Å². The van der Waals surface area contributed by atoms with Gasteiger partial charge in [-0.15, -0.1) is 6.58 Å². The Morgan fingerprint density at radius 3 is 2.29 bits per heavy atom. The number of para-hydroxylation sites is 1. The summed E-state index contributed by atoms with van der Waals surface area (Å²) in [7, 11) is 4.16. The molecule has 2 aromatic carbocycles. The minimum absolute atomic E-state index is 0.0359. The lowest BCUT2D eigenvalue weighted by molar-refractivity contribution is -0.385. The monoisotopic (exact) mass is 532 g/mol. The predicted octanol–water partition coefficient (Wildman–Crippen LogP) is 8.11. The van der Waals surface area contributed by atoms with Crippen LogP contribution in [0.5, 0.6) is 5.75 Å². The van der Waals surface area contributed by atoms with E-state index in [2.05, 4.69) is 52.9 Å². The third-order valence-electron chi connectivity index (χ3n) is 5.81. The lowest BCUT2D eigenvalue weighted by atomic mass is 9.82.